The molecule has 28 heavy (non-hydrogen) atoms. The van der Waals surface area contributed by atoms with Gasteiger partial charge in [0.1, 0.15) is 5.60 Å². The normalized spacial score (nSPS) is 13.4. The summed E-state index contributed by atoms with van der Waals surface area (Å²) in [5.41, 5.74) is -0.765. The average Bonchev–Trinajstić information content (AvgIpc) is 2.49. The van der Waals surface area contributed by atoms with Gasteiger partial charge >= 0.3 is 5.97 Å². The number of hydrogen-bond donors (Lipinski definition) is 0. The van der Waals surface area contributed by atoms with Crippen LogP contribution in [0.1, 0.15) is 103 Å². The van der Waals surface area contributed by atoms with Gasteiger partial charge in [-0.3, -0.25) is 4.79 Å². The lowest BCUT2D eigenvalue weighted by molar-refractivity contribution is -0.123. The van der Waals surface area contributed by atoms with Crippen LogP contribution < -0.4 is 0 Å². The first-order valence-corrected chi connectivity index (χ1v) is 10.0. The number of esters is 1. The zero-order valence-electron chi connectivity index (χ0n) is 19.4. The lowest BCUT2D eigenvalue weighted by atomic mass is 9.86. The second kappa shape index (κ2) is 8.36. The minimum Gasteiger partial charge on any atom is -0.456 e. The van der Waals surface area contributed by atoms with Crippen molar-refractivity contribution in [2.75, 3.05) is 0 Å². The fourth-order valence-corrected chi connectivity index (χ4v) is 3.06. The van der Waals surface area contributed by atoms with Gasteiger partial charge in [-0.1, -0.05) is 32.9 Å². The van der Waals surface area contributed by atoms with Crippen LogP contribution in [0, 0.1) is 5.41 Å². The molecule has 0 aromatic heterocycles. The molecule has 1 rings (SSSR count). The molecule has 0 spiro atoms. The highest BCUT2D eigenvalue weighted by molar-refractivity contribution is 6.02. The van der Waals surface area contributed by atoms with Crippen molar-refractivity contribution < 1.29 is 19.1 Å². The molecule has 1 aromatic rings. The Morgan fingerprint density at radius 2 is 1.29 bits per heavy atom. The van der Waals surface area contributed by atoms with Gasteiger partial charge < -0.3 is 9.47 Å². The number of ether oxygens (including phenoxy) is 2. The van der Waals surface area contributed by atoms with Crippen molar-refractivity contribution in [1.29, 1.82) is 0 Å². The third kappa shape index (κ3) is 8.14. The van der Waals surface area contributed by atoms with Crippen molar-refractivity contribution in [3.8, 4) is 0 Å². The Hall–Kier alpha value is -1.68. The molecule has 0 unspecified atom stereocenters. The summed E-state index contributed by atoms with van der Waals surface area (Å²) in [5.74, 6) is -0.411. The predicted molar refractivity (Wildman–Crippen MR) is 114 cm³/mol. The number of rotatable bonds is 7. The van der Waals surface area contributed by atoms with E-state index in [0.29, 0.717) is 17.5 Å². The number of Topliss-reactive ketones (excluding diaryl/α,β-unsaturated/α-hetero) is 1. The van der Waals surface area contributed by atoms with Gasteiger partial charge in [-0.15, -0.1) is 0 Å². The van der Waals surface area contributed by atoms with E-state index in [4.69, 9.17) is 9.47 Å². The molecule has 0 fully saturated rings. The number of hydrogen-bond acceptors (Lipinski definition) is 4. The van der Waals surface area contributed by atoms with E-state index in [1.165, 1.54) is 0 Å². The first-order chi connectivity index (χ1) is 12.4. The van der Waals surface area contributed by atoms with Gasteiger partial charge in [-0.05, 0) is 73.4 Å². The van der Waals surface area contributed by atoms with Crippen LogP contribution in [0.2, 0.25) is 0 Å². The van der Waals surface area contributed by atoms with Crippen LogP contribution in [0.3, 0.4) is 0 Å². The topological polar surface area (TPSA) is 52.6 Å². The molecular weight excluding hydrogens is 352 g/mol. The predicted octanol–water partition coefficient (Wildman–Crippen LogP) is 6.22. The highest BCUT2D eigenvalue weighted by atomic mass is 16.6. The molecule has 0 saturated carbocycles. The maximum Gasteiger partial charge on any atom is 0.338 e. The van der Waals surface area contributed by atoms with Gasteiger partial charge in [0.15, 0.2) is 5.78 Å². The maximum atomic E-state index is 12.7. The minimum atomic E-state index is -0.639. The van der Waals surface area contributed by atoms with E-state index in [-0.39, 0.29) is 17.0 Å². The van der Waals surface area contributed by atoms with Crippen molar-refractivity contribution in [1.82, 2.24) is 0 Å². The standard InChI is InChI=1S/C24H38O4/c1-21(2,3)19(25)17-12-11-13-18(16-17)20(26)27-23(7,8)14-15-24(9,10)28-22(4,5)6/h11-13,16H,14-15H2,1-10H3. The maximum absolute atomic E-state index is 12.7. The van der Waals surface area contributed by atoms with Crippen LogP contribution in [-0.2, 0) is 9.47 Å². The molecule has 0 radical (unpaired) electrons. The van der Waals surface area contributed by atoms with Gasteiger partial charge in [-0.2, -0.15) is 0 Å². The summed E-state index contributed by atoms with van der Waals surface area (Å²) < 4.78 is 11.9. The number of carbonyl (C=O) groups is 2. The Labute approximate surface area is 171 Å². The van der Waals surface area contributed by atoms with Crippen molar-refractivity contribution >= 4 is 11.8 Å². The summed E-state index contributed by atoms with van der Waals surface area (Å²) in [6.07, 6.45) is 1.43. The molecule has 0 amide bonds. The van der Waals surface area contributed by atoms with E-state index < -0.39 is 17.0 Å². The molecule has 0 saturated heterocycles. The minimum absolute atomic E-state index is 0.00230. The van der Waals surface area contributed by atoms with Gasteiger partial charge in [0.2, 0.25) is 0 Å². The molecule has 0 N–H and O–H groups in total. The van der Waals surface area contributed by atoms with Gasteiger partial charge in [-0.25, -0.2) is 4.79 Å². The molecule has 0 aliphatic carbocycles. The lowest BCUT2D eigenvalue weighted by Gasteiger charge is -2.36. The van der Waals surface area contributed by atoms with Crippen molar-refractivity contribution in [3.63, 3.8) is 0 Å². The molecule has 4 heteroatoms. The monoisotopic (exact) mass is 390 g/mol. The van der Waals surface area contributed by atoms with E-state index in [1.807, 2.05) is 55.4 Å². The molecular formula is C24H38O4. The zero-order valence-corrected chi connectivity index (χ0v) is 19.4. The fraction of sp³-hybridized carbons (Fsp3) is 0.667. The van der Waals surface area contributed by atoms with Crippen molar-refractivity contribution in [2.24, 2.45) is 5.41 Å². The summed E-state index contributed by atoms with van der Waals surface area (Å²) >= 11 is 0. The molecule has 0 heterocycles. The van der Waals surface area contributed by atoms with E-state index >= 15 is 0 Å². The Balaban J connectivity index is 2.82. The molecule has 1 aromatic carbocycles. The third-order valence-electron chi connectivity index (χ3n) is 4.32. The largest absolute Gasteiger partial charge is 0.456 e. The lowest BCUT2D eigenvalue weighted by Crippen LogP contribution is -2.37. The fourth-order valence-electron chi connectivity index (χ4n) is 3.06. The number of benzene rings is 1. The van der Waals surface area contributed by atoms with Crippen LogP contribution in [-0.4, -0.2) is 28.6 Å². The Kier molecular flexibility index (Phi) is 7.27. The molecule has 158 valence electrons. The highest BCUT2D eigenvalue weighted by Crippen LogP contribution is 2.29. The van der Waals surface area contributed by atoms with E-state index in [2.05, 4.69) is 13.8 Å². The first kappa shape index (κ1) is 24.4. The third-order valence-corrected chi connectivity index (χ3v) is 4.32. The van der Waals surface area contributed by atoms with Gasteiger partial charge in [0.05, 0.1) is 16.8 Å². The van der Waals surface area contributed by atoms with Crippen LogP contribution >= 0.6 is 0 Å². The molecule has 0 aliphatic rings. The summed E-state index contributed by atoms with van der Waals surface area (Å²) in [6, 6.07) is 6.77. The van der Waals surface area contributed by atoms with E-state index in [9.17, 15) is 9.59 Å². The summed E-state index contributed by atoms with van der Waals surface area (Å²) in [5, 5.41) is 0. The number of ketones is 1. The van der Waals surface area contributed by atoms with Crippen LogP contribution in [0.5, 0.6) is 0 Å². The Bertz CT molecular complexity index is 700. The summed E-state index contributed by atoms with van der Waals surface area (Å²) in [7, 11) is 0. The first-order valence-electron chi connectivity index (χ1n) is 10.0. The average molecular weight is 391 g/mol. The summed E-state index contributed by atoms with van der Waals surface area (Å²) in [4.78, 5) is 25.2. The van der Waals surface area contributed by atoms with Crippen LogP contribution in [0.4, 0.5) is 0 Å². The van der Waals surface area contributed by atoms with Gasteiger partial charge in [0.25, 0.3) is 0 Å². The Morgan fingerprint density at radius 1 is 0.786 bits per heavy atom. The molecule has 0 bridgehead atoms. The Morgan fingerprint density at radius 3 is 1.79 bits per heavy atom. The van der Waals surface area contributed by atoms with Crippen LogP contribution in [0.25, 0.3) is 0 Å². The van der Waals surface area contributed by atoms with Crippen LogP contribution in [0.15, 0.2) is 24.3 Å². The highest BCUT2D eigenvalue weighted by Gasteiger charge is 2.31. The van der Waals surface area contributed by atoms with E-state index in [0.717, 1.165) is 6.42 Å². The van der Waals surface area contributed by atoms with Crippen molar-refractivity contribution in [3.05, 3.63) is 35.4 Å². The quantitative estimate of drug-likeness (QED) is 0.409. The molecule has 0 atom stereocenters. The SMILES string of the molecule is CC(C)(C)OC(C)(C)CCC(C)(C)OC(=O)c1cccc(C(=O)C(C)(C)C)c1. The smallest absolute Gasteiger partial charge is 0.338 e. The molecule has 4 nitrogen and oxygen atoms in total. The van der Waals surface area contributed by atoms with Gasteiger partial charge in [0, 0.05) is 11.0 Å². The summed E-state index contributed by atoms with van der Waals surface area (Å²) in [6.45, 7) is 19.6. The molecule has 0 aliphatic heterocycles. The van der Waals surface area contributed by atoms with E-state index in [1.54, 1.807) is 24.3 Å². The van der Waals surface area contributed by atoms with Crippen molar-refractivity contribution in [2.45, 2.75) is 98.9 Å². The second-order valence-electron chi connectivity index (χ2n) is 10.8. The number of carbonyl (C=O) groups excluding carboxylic acids is 2. The second-order valence-corrected chi connectivity index (χ2v) is 10.8. The zero-order chi connectivity index (χ0) is 22.0.